The molecule has 0 atom stereocenters. The molecule has 0 unspecified atom stereocenters. The van der Waals surface area contributed by atoms with Gasteiger partial charge in [0.05, 0.1) is 6.61 Å². The Balaban J connectivity index is 1.86. The van der Waals surface area contributed by atoms with Crippen LogP contribution in [0.1, 0.15) is 51.5 Å². The first-order valence-electron chi connectivity index (χ1n) is 8.74. The summed E-state index contributed by atoms with van der Waals surface area (Å²) in [6.07, 6.45) is 7.98. The summed E-state index contributed by atoms with van der Waals surface area (Å²) in [6, 6.07) is 3.98. The Morgan fingerprint density at radius 3 is 2.78 bits per heavy atom. The molecule has 128 valence electrons. The molecule has 1 aliphatic carbocycles. The molecule has 0 radical (unpaired) electrons. The highest BCUT2D eigenvalue weighted by Gasteiger charge is 2.34. The average Bonchev–Trinajstić information content (AvgIpc) is 2.55. The van der Waals surface area contributed by atoms with E-state index in [0.29, 0.717) is 24.4 Å². The van der Waals surface area contributed by atoms with Gasteiger partial charge in [-0.1, -0.05) is 26.3 Å². The molecule has 0 aromatic carbocycles. The second kappa shape index (κ2) is 8.75. The topological polar surface area (TPSA) is 58.5 Å². The Labute approximate surface area is 139 Å². The average molecular weight is 318 g/mol. The van der Waals surface area contributed by atoms with Gasteiger partial charge in [0.15, 0.2) is 5.96 Å². The maximum absolute atomic E-state index is 5.70. The van der Waals surface area contributed by atoms with Crippen LogP contribution in [0.4, 0.5) is 0 Å². The van der Waals surface area contributed by atoms with Crippen molar-refractivity contribution < 1.29 is 4.74 Å². The second-order valence-electron chi connectivity index (χ2n) is 6.30. The maximum atomic E-state index is 5.70. The van der Waals surface area contributed by atoms with Crippen LogP contribution in [-0.2, 0) is 6.54 Å². The number of nitrogens with one attached hydrogen (secondary N) is 2. The molecule has 5 heteroatoms. The fourth-order valence-corrected chi connectivity index (χ4v) is 2.89. The Bertz CT molecular complexity index is 506. The van der Waals surface area contributed by atoms with E-state index >= 15 is 0 Å². The van der Waals surface area contributed by atoms with E-state index in [1.807, 2.05) is 19.2 Å². The zero-order valence-electron chi connectivity index (χ0n) is 14.7. The zero-order chi connectivity index (χ0) is 16.5. The lowest BCUT2D eigenvalue weighted by molar-refractivity contribution is 0.131. The number of hydrogen-bond acceptors (Lipinski definition) is 3. The number of rotatable bonds is 8. The van der Waals surface area contributed by atoms with E-state index in [0.717, 1.165) is 24.5 Å². The first-order chi connectivity index (χ1) is 11.2. The predicted molar refractivity (Wildman–Crippen MR) is 94.8 cm³/mol. The summed E-state index contributed by atoms with van der Waals surface area (Å²) in [5.74, 6) is 1.55. The van der Waals surface area contributed by atoms with Gasteiger partial charge >= 0.3 is 0 Å². The molecule has 0 spiro atoms. The summed E-state index contributed by atoms with van der Waals surface area (Å²) in [4.78, 5) is 8.64. The van der Waals surface area contributed by atoms with Crippen molar-refractivity contribution >= 4 is 5.96 Å². The molecular weight excluding hydrogens is 288 g/mol. The summed E-state index contributed by atoms with van der Waals surface area (Å²) < 4.78 is 5.70. The van der Waals surface area contributed by atoms with Crippen LogP contribution in [0, 0.1) is 5.41 Å². The number of guanidine groups is 1. The summed E-state index contributed by atoms with van der Waals surface area (Å²) in [5.41, 5.74) is 1.53. The van der Waals surface area contributed by atoms with E-state index < -0.39 is 0 Å². The van der Waals surface area contributed by atoms with Crippen molar-refractivity contribution in [3.05, 3.63) is 23.9 Å². The van der Waals surface area contributed by atoms with Crippen LogP contribution in [0.2, 0.25) is 0 Å². The van der Waals surface area contributed by atoms with Gasteiger partial charge in [0.2, 0.25) is 5.88 Å². The Hall–Kier alpha value is -1.78. The van der Waals surface area contributed by atoms with Gasteiger partial charge in [-0.3, -0.25) is 4.99 Å². The van der Waals surface area contributed by atoms with E-state index in [1.54, 1.807) is 6.20 Å². The quantitative estimate of drug-likeness (QED) is 0.571. The van der Waals surface area contributed by atoms with E-state index in [1.165, 1.54) is 25.7 Å². The van der Waals surface area contributed by atoms with Crippen LogP contribution in [-0.4, -0.2) is 31.1 Å². The molecule has 1 aromatic heterocycles. The van der Waals surface area contributed by atoms with E-state index in [-0.39, 0.29) is 0 Å². The van der Waals surface area contributed by atoms with Gasteiger partial charge in [-0.25, -0.2) is 4.98 Å². The van der Waals surface area contributed by atoms with Gasteiger partial charge < -0.3 is 15.4 Å². The Kier molecular flexibility index (Phi) is 6.68. The normalized spacial score (nSPS) is 16.6. The lowest BCUT2D eigenvalue weighted by Gasteiger charge is -2.41. The summed E-state index contributed by atoms with van der Waals surface area (Å²) in [6.45, 7) is 6.72. The van der Waals surface area contributed by atoms with E-state index in [9.17, 15) is 0 Å². The van der Waals surface area contributed by atoms with Crippen LogP contribution < -0.4 is 15.4 Å². The number of hydrogen-bond donors (Lipinski definition) is 2. The summed E-state index contributed by atoms with van der Waals surface area (Å²) in [7, 11) is 1.81. The number of aromatic nitrogens is 1. The number of nitrogens with zero attached hydrogens (tertiary/aromatic N) is 2. The molecular formula is C18H30N4O. The smallest absolute Gasteiger partial charge is 0.218 e. The molecule has 0 amide bonds. The van der Waals surface area contributed by atoms with Crippen molar-refractivity contribution in [2.24, 2.45) is 10.4 Å². The van der Waals surface area contributed by atoms with Crippen LogP contribution in [0.3, 0.4) is 0 Å². The largest absolute Gasteiger partial charge is 0.477 e. The first-order valence-corrected chi connectivity index (χ1v) is 8.74. The molecule has 1 fully saturated rings. The summed E-state index contributed by atoms with van der Waals surface area (Å²) in [5, 5.41) is 6.84. The highest BCUT2D eigenvalue weighted by molar-refractivity contribution is 5.79. The summed E-state index contributed by atoms with van der Waals surface area (Å²) >= 11 is 0. The molecule has 0 bridgehead atoms. The Morgan fingerprint density at radius 1 is 1.35 bits per heavy atom. The lowest BCUT2D eigenvalue weighted by Crippen LogP contribution is -2.46. The van der Waals surface area contributed by atoms with Gasteiger partial charge in [0.1, 0.15) is 0 Å². The highest BCUT2D eigenvalue weighted by Crippen LogP contribution is 2.42. The fraction of sp³-hybridized carbons (Fsp3) is 0.667. The molecule has 2 N–H and O–H groups in total. The van der Waals surface area contributed by atoms with Gasteiger partial charge in [-0.2, -0.15) is 0 Å². The van der Waals surface area contributed by atoms with Gasteiger partial charge in [-0.15, -0.1) is 0 Å². The van der Waals surface area contributed by atoms with Crippen LogP contribution in [0.25, 0.3) is 0 Å². The standard InChI is InChI=1S/C18H30N4O/c1-4-12-23-16-15(8-6-11-20-16)13-21-17(19-3)22-14-18(5-2)9-7-10-18/h6,8,11H,4-5,7,9-10,12-14H2,1-3H3,(H2,19,21,22). The molecule has 5 nitrogen and oxygen atoms in total. The molecule has 23 heavy (non-hydrogen) atoms. The fourth-order valence-electron chi connectivity index (χ4n) is 2.89. The SMILES string of the molecule is CCCOc1ncccc1CNC(=NC)NCC1(CC)CCC1. The van der Waals surface area contributed by atoms with E-state index in [4.69, 9.17) is 4.74 Å². The minimum absolute atomic E-state index is 0.474. The molecule has 1 saturated carbocycles. The van der Waals surface area contributed by atoms with Crippen molar-refractivity contribution in [2.75, 3.05) is 20.2 Å². The van der Waals surface area contributed by atoms with Crippen LogP contribution >= 0.6 is 0 Å². The number of pyridine rings is 1. The molecule has 1 heterocycles. The molecule has 0 aliphatic heterocycles. The third kappa shape index (κ3) is 4.85. The molecule has 2 rings (SSSR count). The third-order valence-electron chi connectivity index (χ3n) is 4.76. The van der Waals surface area contributed by atoms with Crippen molar-refractivity contribution in [1.29, 1.82) is 0 Å². The van der Waals surface area contributed by atoms with Crippen LogP contribution in [0.5, 0.6) is 5.88 Å². The van der Waals surface area contributed by atoms with Crippen molar-refractivity contribution in [3.8, 4) is 5.88 Å². The predicted octanol–water partition coefficient (Wildman–Crippen LogP) is 3.12. The Morgan fingerprint density at radius 2 is 2.17 bits per heavy atom. The maximum Gasteiger partial charge on any atom is 0.218 e. The molecule has 1 aliphatic rings. The van der Waals surface area contributed by atoms with Crippen LogP contribution in [0.15, 0.2) is 23.3 Å². The van der Waals surface area contributed by atoms with Crippen molar-refractivity contribution in [1.82, 2.24) is 15.6 Å². The van der Waals surface area contributed by atoms with E-state index in [2.05, 4.69) is 34.5 Å². The zero-order valence-corrected chi connectivity index (χ0v) is 14.7. The third-order valence-corrected chi connectivity index (χ3v) is 4.76. The van der Waals surface area contributed by atoms with Crippen molar-refractivity contribution in [2.45, 2.75) is 52.5 Å². The number of ether oxygens (including phenoxy) is 1. The van der Waals surface area contributed by atoms with Gasteiger partial charge in [0.25, 0.3) is 0 Å². The molecule has 0 saturated heterocycles. The van der Waals surface area contributed by atoms with Gasteiger partial charge in [0, 0.05) is 31.9 Å². The highest BCUT2D eigenvalue weighted by atomic mass is 16.5. The van der Waals surface area contributed by atoms with Gasteiger partial charge in [-0.05, 0) is 37.2 Å². The lowest BCUT2D eigenvalue weighted by atomic mass is 9.67. The second-order valence-corrected chi connectivity index (χ2v) is 6.30. The minimum Gasteiger partial charge on any atom is -0.477 e. The first kappa shape index (κ1) is 17.6. The number of aliphatic imine (C=N–C) groups is 1. The molecule has 1 aromatic rings. The monoisotopic (exact) mass is 318 g/mol. The van der Waals surface area contributed by atoms with Crippen molar-refractivity contribution in [3.63, 3.8) is 0 Å². The minimum atomic E-state index is 0.474.